The third-order valence-electron chi connectivity index (χ3n) is 7.20. The van der Waals surface area contributed by atoms with Crippen molar-refractivity contribution in [1.29, 1.82) is 0 Å². The number of ether oxygens (including phenoxy) is 1. The molecule has 0 spiro atoms. The fourth-order valence-corrected chi connectivity index (χ4v) is 5.38. The van der Waals surface area contributed by atoms with Crippen molar-refractivity contribution in [3.8, 4) is 17.2 Å². The predicted molar refractivity (Wildman–Crippen MR) is 158 cm³/mol. The number of rotatable bonds is 4. The van der Waals surface area contributed by atoms with E-state index in [-0.39, 0.29) is 11.8 Å². The fourth-order valence-electron chi connectivity index (χ4n) is 5.38. The van der Waals surface area contributed by atoms with Crippen LogP contribution in [0.2, 0.25) is 0 Å². The van der Waals surface area contributed by atoms with Crippen molar-refractivity contribution in [3.63, 3.8) is 0 Å². The first-order valence-corrected chi connectivity index (χ1v) is 13.0. The van der Waals surface area contributed by atoms with Gasteiger partial charge in [-0.1, -0.05) is 54.6 Å². The highest BCUT2D eigenvalue weighted by Gasteiger charge is 2.41. The van der Waals surface area contributed by atoms with Crippen LogP contribution in [0.4, 0.5) is 22.9 Å². The van der Waals surface area contributed by atoms with Crippen LogP contribution >= 0.6 is 0 Å². The lowest BCUT2D eigenvalue weighted by atomic mass is 9.93. The SMILES string of the molecule is COc1cc([C@@H]2c3c(C)nn(-c4ccccc4)c3N=C3C(Nc4ccccc4)=Nc4ccccc4N32)ccc1O. The molecule has 1 atom stereocenters. The zero-order valence-corrected chi connectivity index (χ0v) is 22.0. The number of nitrogens with one attached hydrogen (secondary N) is 1. The number of phenolic OH excluding ortho intramolecular Hbond substituents is 1. The molecule has 4 aromatic carbocycles. The Kier molecular flexibility index (Phi) is 5.59. The average Bonchev–Trinajstić information content (AvgIpc) is 3.33. The molecule has 2 N–H and O–H groups in total. The molecule has 0 bridgehead atoms. The Hall–Kier alpha value is -5.37. The molecule has 0 amide bonds. The van der Waals surface area contributed by atoms with Gasteiger partial charge in [-0.15, -0.1) is 0 Å². The molecule has 3 heterocycles. The Morgan fingerprint density at radius 2 is 1.57 bits per heavy atom. The van der Waals surface area contributed by atoms with E-state index in [9.17, 15) is 5.11 Å². The maximum absolute atomic E-state index is 10.4. The molecule has 1 aromatic heterocycles. The summed E-state index contributed by atoms with van der Waals surface area (Å²) in [4.78, 5) is 12.5. The van der Waals surface area contributed by atoms with E-state index in [1.165, 1.54) is 0 Å². The fraction of sp³-hybridized carbons (Fsp3) is 0.0938. The van der Waals surface area contributed by atoms with E-state index in [0.29, 0.717) is 17.4 Å². The lowest BCUT2D eigenvalue weighted by Crippen LogP contribution is -2.46. The zero-order valence-electron chi connectivity index (χ0n) is 22.0. The predicted octanol–water partition coefficient (Wildman–Crippen LogP) is 6.69. The number of fused-ring (bicyclic) bond motifs is 4. The summed E-state index contributed by atoms with van der Waals surface area (Å²) in [5.74, 6) is 2.51. The highest BCUT2D eigenvalue weighted by molar-refractivity contribution is 6.51. The van der Waals surface area contributed by atoms with Crippen molar-refractivity contribution in [2.75, 3.05) is 17.3 Å². The average molecular weight is 527 g/mol. The molecule has 0 fully saturated rings. The van der Waals surface area contributed by atoms with E-state index < -0.39 is 0 Å². The zero-order chi connectivity index (χ0) is 27.2. The summed E-state index contributed by atoms with van der Waals surface area (Å²) in [6.07, 6.45) is 0. The summed E-state index contributed by atoms with van der Waals surface area (Å²) >= 11 is 0. The minimum absolute atomic E-state index is 0.0833. The molecule has 0 unspecified atom stereocenters. The normalized spacial score (nSPS) is 15.3. The summed E-state index contributed by atoms with van der Waals surface area (Å²) in [5, 5.41) is 18.9. The summed E-state index contributed by atoms with van der Waals surface area (Å²) in [5.41, 5.74) is 6.32. The number of aromatic hydroxyl groups is 1. The maximum Gasteiger partial charge on any atom is 0.179 e. The second-order valence-corrected chi connectivity index (χ2v) is 9.65. The molecule has 7 rings (SSSR count). The lowest BCUT2D eigenvalue weighted by Gasteiger charge is -2.40. The minimum atomic E-state index is -0.321. The van der Waals surface area contributed by atoms with Gasteiger partial charge in [0.2, 0.25) is 0 Å². The quantitative estimate of drug-likeness (QED) is 0.272. The maximum atomic E-state index is 10.4. The number of phenols is 1. The Bertz CT molecular complexity index is 1790. The number of aromatic nitrogens is 2. The third-order valence-corrected chi connectivity index (χ3v) is 7.20. The van der Waals surface area contributed by atoms with Crippen LogP contribution in [0.5, 0.6) is 11.5 Å². The monoisotopic (exact) mass is 526 g/mol. The summed E-state index contributed by atoms with van der Waals surface area (Å²) in [6, 6.07) is 33.2. The summed E-state index contributed by atoms with van der Waals surface area (Å²) in [7, 11) is 1.56. The smallest absolute Gasteiger partial charge is 0.179 e. The first kappa shape index (κ1) is 23.7. The molecular weight excluding hydrogens is 500 g/mol. The molecular formula is C32H26N6O2. The van der Waals surface area contributed by atoms with Crippen LogP contribution in [0.1, 0.15) is 22.9 Å². The molecule has 2 aliphatic heterocycles. The van der Waals surface area contributed by atoms with E-state index in [4.69, 9.17) is 19.8 Å². The molecule has 0 radical (unpaired) electrons. The van der Waals surface area contributed by atoms with Crippen LogP contribution in [-0.2, 0) is 0 Å². The molecule has 2 aliphatic rings. The Labute approximate surface area is 231 Å². The summed E-state index contributed by atoms with van der Waals surface area (Å²) < 4.78 is 7.41. The molecule has 8 heteroatoms. The number of para-hydroxylation sites is 4. The van der Waals surface area contributed by atoms with Crippen molar-refractivity contribution < 1.29 is 9.84 Å². The van der Waals surface area contributed by atoms with Gasteiger partial charge in [-0.3, -0.25) is 0 Å². The number of hydrogen-bond donors (Lipinski definition) is 2. The molecule has 40 heavy (non-hydrogen) atoms. The van der Waals surface area contributed by atoms with Crippen LogP contribution < -0.4 is 15.0 Å². The van der Waals surface area contributed by atoms with Crippen molar-refractivity contribution in [2.45, 2.75) is 13.0 Å². The third kappa shape index (κ3) is 3.80. The molecule has 0 saturated carbocycles. The van der Waals surface area contributed by atoms with Crippen molar-refractivity contribution in [2.24, 2.45) is 9.98 Å². The second-order valence-electron chi connectivity index (χ2n) is 9.65. The van der Waals surface area contributed by atoms with Crippen LogP contribution in [0, 0.1) is 6.92 Å². The minimum Gasteiger partial charge on any atom is -0.504 e. The molecule has 0 aliphatic carbocycles. The first-order chi connectivity index (χ1) is 19.6. The number of anilines is 2. The Morgan fingerprint density at radius 3 is 2.35 bits per heavy atom. The van der Waals surface area contributed by atoms with Crippen molar-refractivity contribution in [1.82, 2.24) is 9.78 Å². The highest BCUT2D eigenvalue weighted by atomic mass is 16.5. The van der Waals surface area contributed by atoms with Gasteiger partial charge in [0.1, 0.15) is 0 Å². The van der Waals surface area contributed by atoms with Gasteiger partial charge in [-0.2, -0.15) is 5.10 Å². The molecule has 0 saturated heterocycles. The Balaban J connectivity index is 1.51. The van der Waals surface area contributed by atoms with Crippen LogP contribution in [0.25, 0.3) is 5.69 Å². The van der Waals surface area contributed by atoms with E-state index in [1.54, 1.807) is 13.2 Å². The topological polar surface area (TPSA) is 87.3 Å². The van der Waals surface area contributed by atoms with Crippen molar-refractivity contribution in [3.05, 3.63) is 120 Å². The van der Waals surface area contributed by atoms with Crippen LogP contribution in [0.3, 0.4) is 0 Å². The molecule has 5 aromatic rings. The molecule has 196 valence electrons. The number of amidine groups is 2. The van der Waals surface area contributed by atoms with Gasteiger partial charge in [-0.25, -0.2) is 14.7 Å². The second kappa shape index (κ2) is 9.43. The van der Waals surface area contributed by atoms with Gasteiger partial charge in [0.05, 0.1) is 35.9 Å². The van der Waals surface area contributed by atoms with E-state index in [1.807, 2.05) is 103 Å². The van der Waals surface area contributed by atoms with E-state index in [2.05, 4.69) is 16.3 Å². The number of aryl methyl sites for hydroxylation is 1. The Morgan fingerprint density at radius 1 is 0.850 bits per heavy atom. The van der Waals surface area contributed by atoms with Crippen molar-refractivity contribution >= 4 is 34.6 Å². The van der Waals surface area contributed by atoms with Gasteiger partial charge in [0.15, 0.2) is 29.0 Å². The van der Waals surface area contributed by atoms with Crippen LogP contribution in [0.15, 0.2) is 113 Å². The van der Waals surface area contributed by atoms with Crippen LogP contribution in [-0.4, -0.2) is 33.7 Å². The first-order valence-electron chi connectivity index (χ1n) is 13.0. The van der Waals surface area contributed by atoms with E-state index >= 15 is 0 Å². The summed E-state index contributed by atoms with van der Waals surface area (Å²) in [6.45, 7) is 2.01. The standard InChI is InChI=1S/C32H26N6O2/c1-20-28-29(21-17-18-26(39)27(19-21)40-2)37-25-16-10-9-15-24(25)34-30(33-22-11-5-3-6-12-22)32(37)35-31(28)38(36-20)23-13-7-4-8-14-23/h3-19,29,39H,1-2H3,(H,33,34)/t29-/m1/s1. The number of nitrogens with zero attached hydrogens (tertiary/aromatic N) is 5. The highest BCUT2D eigenvalue weighted by Crippen LogP contribution is 2.49. The number of methoxy groups -OCH3 is 1. The number of hydrogen-bond acceptors (Lipinski definition) is 7. The number of aliphatic imine (C=N–C) groups is 2. The van der Waals surface area contributed by atoms with Gasteiger partial charge in [0, 0.05) is 11.3 Å². The van der Waals surface area contributed by atoms with Gasteiger partial charge < -0.3 is 20.1 Å². The van der Waals surface area contributed by atoms with Gasteiger partial charge in [0.25, 0.3) is 0 Å². The lowest BCUT2D eigenvalue weighted by molar-refractivity contribution is 0.372. The van der Waals surface area contributed by atoms with Gasteiger partial charge >= 0.3 is 0 Å². The molecule has 8 nitrogen and oxygen atoms in total. The largest absolute Gasteiger partial charge is 0.504 e. The van der Waals surface area contributed by atoms with E-state index in [0.717, 1.165) is 45.4 Å². The van der Waals surface area contributed by atoms with Gasteiger partial charge in [-0.05, 0) is 61.0 Å². The number of benzene rings is 4.